The van der Waals surface area contributed by atoms with E-state index in [1.54, 1.807) is 21.6 Å². The number of anilines is 3. The number of hydrogen-bond donors (Lipinski definition) is 1. The van der Waals surface area contributed by atoms with E-state index in [2.05, 4.69) is 70.9 Å². The van der Waals surface area contributed by atoms with Crippen LogP contribution >= 0.6 is 0 Å². The lowest BCUT2D eigenvalue weighted by atomic mass is 10.1. The summed E-state index contributed by atoms with van der Waals surface area (Å²) >= 11 is 0. The van der Waals surface area contributed by atoms with Crippen molar-refractivity contribution >= 4 is 28.4 Å². The van der Waals surface area contributed by atoms with Gasteiger partial charge in [-0.1, -0.05) is 26.0 Å². The molecule has 1 aliphatic heterocycles. The highest BCUT2D eigenvalue weighted by Crippen LogP contribution is 2.32. The fourth-order valence-electron chi connectivity index (χ4n) is 5.57. The topological polar surface area (TPSA) is 84.1 Å². The van der Waals surface area contributed by atoms with Crippen LogP contribution in [-0.2, 0) is 13.0 Å². The molecule has 1 aromatic carbocycles. The van der Waals surface area contributed by atoms with E-state index in [0.29, 0.717) is 35.3 Å². The molecule has 9 heteroatoms. The zero-order chi connectivity index (χ0) is 26.2. The Kier molecular flexibility index (Phi) is 6.45. The van der Waals surface area contributed by atoms with E-state index < -0.39 is 0 Å². The van der Waals surface area contributed by atoms with Crippen molar-refractivity contribution in [2.75, 3.05) is 42.9 Å². The van der Waals surface area contributed by atoms with Gasteiger partial charge in [-0.25, -0.2) is 19.3 Å². The molecule has 196 valence electrons. The Morgan fingerprint density at radius 1 is 1.08 bits per heavy atom. The van der Waals surface area contributed by atoms with Crippen LogP contribution in [-0.4, -0.2) is 61.9 Å². The van der Waals surface area contributed by atoms with Crippen molar-refractivity contribution in [1.29, 1.82) is 0 Å². The van der Waals surface area contributed by atoms with Gasteiger partial charge in [0.15, 0.2) is 11.5 Å². The molecule has 0 amide bonds. The Morgan fingerprint density at radius 3 is 2.61 bits per heavy atom. The summed E-state index contributed by atoms with van der Waals surface area (Å²) in [5.74, 6) is 1.51. The third-order valence-electron chi connectivity index (χ3n) is 7.81. The van der Waals surface area contributed by atoms with E-state index in [4.69, 9.17) is 9.97 Å². The monoisotopic (exact) mass is 510 g/mol. The summed E-state index contributed by atoms with van der Waals surface area (Å²) in [6, 6.07) is 12.5. The van der Waals surface area contributed by atoms with Crippen molar-refractivity contribution < 1.29 is 0 Å². The van der Waals surface area contributed by atoms with E-state index in [1.807, 2.05) is 6.07 Å². The number of pyridine rings is 1. The van der Waals surface area contributed by atoms with Crippen molar-refractivity contribution in [1.82, 2.24) is 29.2 Å². The molecule has 6 rings (SSSR count). The Bertz CT molecular complexity index is 1530. The van der Waals surface area contributed by atoms with E-state index in [-0.39, 0.29) is 5.56 Å². The predicted octanol–water partition coefficient (Wildman–Crippen LogP) is 4.10. The fourth-order valence-corrected chi connectivity index (χ4v) is 5.57. The van der Waals surface area contributed by atoms with Gasteiger partial charge in [0, 0.05) is 49.4 Å². The van der Waals surface area contributed by atoms with Gasteiger partial charge in [-0.15, -0.1) is 6.58 Å². The highest BCUT2D eigenvalue weighted by atomic mass is 16.1. The molecular formula is C29H34N8O. The van der Waals surface area contributed by atoms with Gasteiger partial charge in [-0.2, -0.15) is 4.98 Å². The number of rotatable bonds is 7. The minimum absolute atomic E-state index is 0.158. The van der Waals surface area contributed by atoms with Crippen molar-refractivity contribution in [2.24, 2.45) is 0 Å². The lowest BCUT2D eigenvalue weighted by molar-refractivity contribution is 0.271. The van der Waals surface area contributed by atoms with Gasteiger partial charge in [0.2, 0.25) is 5.95 Å². The van der Waals surface area contributed by atoms with Crippen molar-refractivity contribution in [2.45, 2.75) is 39.2 Å². The summed E-state index contributed by atoms with van der Waals surface area (Å²) in [7, 11) is 0. The van der Waals surface area contributed by atoms with Gasteiger partial charge >= 0.3 is 0 Å². The summed E-state index contributed by atoms with van der Waals surface area (Å²) in [4.78, 5) is 32.4. The fraction of sp³-hybridized carbons (Fsp3) is 0.379. The number of fused-ring (bicyclic) bond motifs is 2. The number of likely N-dealkylation sites (N-methyl/N-ethyl adjacent to an activating group) is 1. The lowest BCUT2D eigenvalue weighted by Crippen LogP contribution is -2.46. The van der Waals surface area contributed by atoms with Crippen molar-refractivity contribution in [3.05, 3.63) is 76.9 Å². The average Bonchev–Trinajstić information content (AvgIpc) is 3.45. The molecular weight excluding hydrogens is 476 g/mol. The molecule has 1 atom stereocenters. The number of aryl methyl sites for hydroxylation is 1. The largest absolute Gasteiger partial charge is 0.369 e. The molecule has 1 saturated heterocycles. The number of hydrogen-bond acceptors (Lipinski definition) is 7. The standard InChI is InChI=1S/C29H34N8O/c1-4-14-36-28(38)24-19-30-29(31-22-9-11-23(12-10-22)35-17-15-34(5-2)16-18-35)33-27(24)37(36)25-13-8-21-7-6-20(3)26(21)32-25/h4,8-13,19-20H,1,5-7,14-18H2,2-3H3,(H,30,31,33). The van der Waals surface area contributed by atoms with Crippen molar-refractivity contribution in [3.63, 3.8) is 0 Å². The van der Waals surface area contributed by atoms with Gasteiger partial charge < -0.3 is 15.1 Å². The Balaban J connectivity index is 1.32. The molecule has 2 aliphatic rings. The summed E-state index contributed by atoms with van der Waals surface area (Å²) in [6.07, 6.45) is 5.45. The zero-order valence-corrected chi connectivity index (χ0v) is 22.1. The van der Waals surface area contributed by atoms with E-state index in [0.717, 1.165) is 56.9 Å². The summed E-state index contributed by atoms with van der Waals surface area (Å²) in [5, 5.41) is 3.77. The minimum Gasteiger partial charge on any atom is -0.369 e. The molecule has 1 fully saturated rings. The maximum Gasteiger partial charge on any atom is 0.278 e. The number of nitrogens with one attached hydrogen (secondary N) is 1. The second kappa shape index (κ2) is 10.1. The first-order chi connectivity index (χ1) is 18.6. The molecule has 0 saturated carbocycles. The van der Waals surface area contributed by atoms with E-state index in [9.17, 15) is 4.79 Å². The second-order valence-corrected chi connectivity index (χ2v) is 10.2. The molecule has 4 heterocycles. The van der Waals surface area contributed by atoms with Crippen LogP contribution in [0.3, 0.4) is 0 Å². The second-order valence-electron chi connectivity index (χ2n) is 10.2. The van der Waals surface area contributed by atoms with Crippen LogP contribution in [0.5, 0.6) is 0 Å². The predicted molar refractivity (Wildman–Crippen MR) is 152 cm³/mol. The maximum absolute atomic E-state index is 13.3. The number of benzene rings is 1. The van der Waals surface area contributed by atoms with Gasteiger partial charge in [-0.05, 0) is 61.2 Å². The van der Waals surface area contributed by atoms with Gasteiger partial charge in [-0.3, -0.25) is 4.79 Å². The molecule has 9 nitrogen and oxygen atoms in total. The molecule has 0 bridgehead atoms. The first-order valence-corrected chi connectivity index (χ1v) is 13.5. The Morgan fingerprint density at radius 2 is 1.87 bits per heavy atom. The van der Waals surface area contributed by atoms with Crippen LogP contribution in [0.4, 0.5) is 17.3 Å². The van der Waals surface area contributed by atoms with Crippen LogP contribution in [0, 0.1) is 0 Å². The van der Waals surface area contributed by atoms with Gasteiger partial charge in [0.25, 0.3) is 5.56 Å². The third-order valence-corrected chi connectivity index (χ3v) is 7.81. The molecule has 3 aromatic heterocycles. The van der Waals surface area contributed by atoms with E-state index >= 15 is 0 Å². The van der Waals surface area contributed by atoms with Crippen LogP contribution in [0.2, 0.25) is 0 Å². The van der Waals surface area contributed by atoms with Gasteiger partial charge in [0.1, 0.15) is 5.39 Å². The highest BCUT2D eigenvalue weighted by Gasteiger charge is 2.23. The number of allylic oxidation sites excluding steroid dienone is 1. The first kappa shape index (κ1) is 24.4. The zero-order valence-electron chi connectivity index (χ0n) is 22.1. The minimum atomic E-state index is -0.158. The SMILES string of the molecule is C=CCn1c(=O)c2cnc(Nc3ccc(N4CCN(CC)CC4)cc3)nc2n1-c1ccc2c(n1)C(C)CC2. The van der Waals surface area contributed by atoms with Crippen LogP contribution in [0.25, 0.3) is 16.9 Å². The van der Waals surface area contributed by atoms with Crippen LogP contribution < -0.4 is 15.8 Å². The molecule has 0 spiro atoms. The quantitative estimate of drug-likeness (QED) is 0.375. The smallest absolute Gasteiger partial charge is 0.278 e. The third kappa shape index (κ3) is 4.36. The first-order valence-electron chi connectivity index (χ1n) is 13.5. The normalized spacial score (nSPS) is 17.6. The van der Waals surface area contributed by atoms with Crippen LogP contribution in [0.1, 0.15) is 37.4 Å². The number of aromatic nitrogens is 5. The highest BCUT2D eigenvalue weighted by molar-refractivity contribution is 5.77. The summed E-state index contributed by atoms with van der Waals surface area (Å²) in [5.41, 5.74) is 4.86. The lowest BCUT2D eigenvalue weighted by Gasteiger charge is -2.35. The maximum atomic E-state index is 13.3. The van der Waals surface area contributed by atoms with Gasteiger partial charge in [0.05, 0.1) is 6.54 Å². The Labute approximate surface area is 222 Å². The Hall–Kier alpha value is -3.98. The molecule has 0 radical (unpaired) electrons. The summed E-state index contributed by atoms with van der Waals surface area (Å²) in [6.45, 7) is 14.0. The number of nitrogens with zero attached hydrogens (tertiary/aromatic N) is 7. The molecule has 1 N–H and O–H groups in total. The molecule has 1 unspecified atom stereocenters. The molecule has 4 aromatic rings. The molecule has 1 aliphatic carbocycles. The molecule has 38 heavy (non-hydrogen) atoms. The van der Waals surface area contributed by atoms with Crippen LogP contribution in [0.15, 0.2) is 60.0 Å². The summed E-state index contributed by atoms with van der Waals surface area (Å²) < 4.78 is 3.42. The van der Waals surface area contributed by atoms with Crippen molar-refractivity contribution in [3.8, 4) is 5.82 Å². The average molecular weight is 511 g/mol. The number of piperazine rings is 1. The van der Waals surface area contributed by atoms with E-state index in [1.165, 1.54) is 11.3 Å².